The van der Waals surface area contributed by atoms with Gasteiger partial charge in [-0.2, -0.15) is 0 Å². The van der Waals surface area contributed by atoms with Gasteiger partial charge in [0.25, 0.3) is 0 Å². The molecule has 0 bridgehead atoms. The molecule has 0 atom stereocenters. The summed E-state index contributed by atoms with van der Waals surface area (Å²) in [4.78, 5) is 20.7. The van der Waals surface area contributed by atoms with Crippen molar-refractivity contribution in [1.82, 2.24) is 15.3 Å². The van der Waals surface area contributed by atoms with E-state index in [1.165, 1.54) is 17.4 Å². The van der Waals surface area contributed by atoms with Gasteiger partial charge in [-0.15, -0.1) is 11.3 Å². The first-order valence-electron chi connectivity index (χ1n) is 8.81. The fraction of sp³-hybridized carbons (Fsp3) is 0.190. The zero-order chi connectivity index (χ0) is 19.8. The van der Waals surface area contributed by atoms with E-state index >= 15 is 0 Å². The molecule has 144 valence electrons. The Hall–Kier alpha value is -3.19. The van der Waals surface area contributed by atoms with Crippen molar-refractivity contribution in [2.45, 2.75) is 13.5 Å². The number of carbonyl (C=O) groups is 1. The second-order valence-electron chi connectivity index (χ2n) is 5.78. The number of pyridine rings is 1. The van der Waals surface area contributed by atoms with Crippen molar-refractivity contribution in [3.05, 3.63) is 65.4 Å². The summed E-state index contributed by atoms with van der Waals surface area (Å²) in [6, 6.07) is 9.36. The van der Waals surface area contributed by atoms with E-state index in [0.29, 0.717) is 24.7 Å². The summed E-state index contributed by atoms with van der Waals surface area (Å²) in [7, 11) is 1.59. The molecule has 2 heterocycles. The summed E-state index contributed by atoms with van der Waals surface area (Å²) >= 11 is 1.53. The molecule has 0 spiro atoms. The fourth-order valence-corrected chi connectivity index (χ4v) is 3.29. The van der Waals surface area contributed by atoms with Gasteiger partial charge in [0.2, 0.25) is 5.91 Å². The van der Waals surface area contributed by atoms with E-state index in [4.69, 9.17) is 9.47 Å². The highest BCUT2D eigenvalue weighted by molar-refractivity contribution is 7.13. The van der Waals surface area contributed by atoms with Crippen molar-refractivity contribution in [2.24, 2.45) is 0 Å². The van der Waals surface area contributed by atoms with Crippen LogP contribution in [0.25, 0.3) is 16.6 Å². The zero-order valence-corrected chi connectivity index (χ0v) is 16.5. The first-order chi connectivity index (χ1) is 13.7. The SMILES string of the molecule is CCOc1ccc(/C=C/C(=O)NCc2csc(-c3cccnc3)n2)cc1OC. The van der Waals surface area contributed by atoms with Crippen LogP contribution in [0.4, 0.5) is 0 Å². The smallest absolute Gasteiger partial charge is 0.244 e. The van der Waals surface area contributed by atoms with E-state index in [-0.39, 0.29) is 5.91 Å². The van der Waals surface area contributed by atoms with Crippen molar-refractivity contribution < 1.29 is 14.3 Å². The maximum Gasteiger partial charge on any atom is 0.244 e. The topological polar surface area (TPSA) is 73.3 Å². The molecule has 0 aliphatic carbocycles. The molecule has 2 aromatic heterocycles. The predicted molar refractivity (Wildman–Crippen MR) is 110 cm³/mol. The molecule has 28 heavy (non-hydrogen) atoms. The van der Waals surface area contributed by atoms with Crippen molar-refractivity contribution in [3.63, 3.8) is 0 Å². The van der Waals surface area contributed by atoms with Crippen molar-refractivity contribution in [2.75, 3.05) is 13.7 Å². The first kappa shape index (κ1) is 19.6. The predicted octanol–water partition coefficient (Wildman–Crippen LogP) is 3.94. The van der Waals surface area contributed by atoms with E-state index < -0.39 is 0 Å². The molecular weight excluding hydrogens is 374 g/mol. The Morgan fingerprint density at radius 1 is 1.29 bits per heavy atom. The third kappa shape index (κ3) is 5.17. The highest BCUT2D eigenvalue weighted by Gasteiger charge is 2.06. The van der Waals surface area contributed by atoms with Crippen molar-refractivity contribution in [3.8, 4) is 22.1 Å². The van der Waals surface area contributed by atoms with Gasteiger partial charge in [0.15, 0.2) is 11.5 Å². The number of thiazole rings is 1. The molecule has 3 rings (SSSR count). The monoisotopic (exact) mass is 395 g/mol. The molecule has 0 saturated carbocycles. The molecule has 0 unspecified atom stereocenters. The lowest BCUT2D eigenvalue weighted by Gasteiger charge is -2.09. The molecule has 7 heteroatoms. The number of rotatable bonds is 8. The molecule has 1 N–H and O–H groups in total. The van der Waals surface area contributed by atoms with Crippen LogP contribution in [-0.2, 0) is 11.3 Å². The Labute approximate surface area is 167 Å². The Bertz CT molecular complexity index is 955. The minimum atomic E-state index is -0.191. The quantitative estimate of drug-likeness (QED) is 0.585. The van der Waals surface area contributed by atoms with Gasteiger partial charge in [0, 0.05) is 29.4 Å². The number of amides is 1. The van der Waals surface area contributed by atoms with E-state index in [1.807, 2.05) is 42.6 Å². The lowest BCUT2D eigenvalue weighted by molar-refractivity contribution is -0.116. The fourth-order valence-electron chi connectivity index (χ4n) is 2.48. The van der Waals surface area contributed by atoms with Crippen LogP contribution in [0.3, 0.4) is 0 Å². The maximum absolute atomic E-state index is 12.1. The highest BCUT2D eigenvalue weighted by atomic mass is 32.1. The summed E-state index contributed by atoms with van der Waals surface area (Å²) in [6.07, 6.45) is 6.72. The van der Waals surface area contributed by atoms with Gasteiger partial charge in [-0.25, -0.2) is 4.98 Å². The average Bonchev–Trinajstić information content (AvgIpc) is 3.21. The summed E-state index contributed by atoms with van der Waals surface area (Å²) < 4.78 is 10.8. The molecule has 0 aliphatic heterocycles. The third-order valence-corrected chi connectivity index (χ3v) is 4.76. The zero-order valence-electron chi connectivity index (χ0n) is 15.7. The molecule has 0 saturated heterocycles. The molecule has 1 aromatic carbocycles. The number of nitrogens with one attached hydrogen (secondary N) is 1. The van der Waals surface area contributed by atoms with Crippen LogP contribution >= 0.6 is 11.3 Å². The number of hydrogen-bond acceptors (Lipinski definition) is 6. The van der Waals surface area contributed by atoms with E-state index in [1.54, 1.807) is 25.6 Å². The minimum absolute atomic E-state index is 0.191. The number of nitrogens with zero attached hydrogens (tertiary/aromatic N) is 2. The summed E-state index contributed by atoms with van der Waals surface area (Å²) in [5.74, 6) is 1.12. The lowest BCUT2D eigenvalue weighted by atomic mass is 10.2. The Morgan fingerprint density at radius 2 is 2.18 bits per heavy atom. The number of carbonyl (C=O) groups excluding carboxylic acids is 1. The summed E-state index contributed by atoms with van der Waals surface area (Å²) in [6.45, 7) is 2.85. The number of hydrogen-bond donors (Lipinski definition) is 1. The number of benzene rings is 1. The number of aromatic nitrogens is 2. The van der Waals surface area contributed by atoms with Crippen molar-refractivity contribution in [1.29, 1.82) is 0 Å². The molecule has 0 fully saturated rings. The van der Waals surface area contributed by atoms with Gasteiger partial charge in [0.1, 0.15) is 5.01 Å². The standard InChI is InChI=1S/C21H21N3O3S/c1-3-27-18-8-6-15(11-19(18)26-2)7-9-20(25)23-13-17-14-28-21(24-17)16-5-4-10-22-12-16/h4-12,14H,3,13H2,1-2H3,(H,23,25)/b9-7+. The van der Waals surface area contributed by atoms with Gasteiger partial charge in [-0.1, -0.05) is 6.07 Å². The Balaban J connectivity index is 1.56. The highest BCUT2D eigenvalue weighted by Crippen LogP contribution is 2.28. The second kappa shape index (κ2) is 9.66. The molecule has 1 amide bonds. The number of methoxy groups -OCH3 is 1. The average molecular weight is 395 g/mol. The van der Waals surface area contributed by atoms with Gasteiger partial charge in [-0.3, -0.25) is 9.78 Å². The van der Waals surface area contributed by atoms with Crippen LogP contribution in [0, 0.1) is 0 Å². The molecule has 0 aliphatic rings. The van der Waals surface area contributed by atoms with E-state index in [0.717, 1.165) is 21.8 Å². The van der Waals surface area contributed by atoms with Crippen LogP contribution in [0.5, 0.6) is 11.5 Å². The van der Waals surface area contributed by atoms with Crippen LogP contribution in [0.2, 0.25) is 0 Å². The summed E-state index contributed by atoms with van der Waals surface area (Å²) in [5.41, 5.74) is 2.63. The lowest BCUT2D eigenvalue weighted by Crippen LogP contribution is -2.20. The Morgan fingerprint density at radius 3 is 2.93 bits per heavy atom. The van der Waals surface area contributed by atoms with Crippen LogP contribution in [0.1, 0.15) is 18.2 Å². The van der Waals surface area contributed by atoms with Crippen LogP contribution < -0.4 is 14.8 Å². The van der Waals surface area contributed by atoms with Crippen molar-refractivity contribution >= 4 is 23.3 Å². The third-order valence-electron chi connectivity index (χ3n) is 3.82. The maximum atomic E-state index is 12.1. The van der Waals surface area contributed by atoms with Gasteiger partial charge in [0.05, 0.1) is 26.0 Å². The second-order valence-corrected chi connectivity index (χ2v) is 6.64. The molecule has 6 nitrogen and oxygen atoms in total. The summed E-state index contributed by atoms with van der Waals surface area (Å²) in [5, 5.41) is 5.66. The minimum Gasteiger partial charge on any atom is -0.493 e. The van der Waals surface area contributed by atoms with E-state index in [2.05, 4.69) is 15.3 Å². The van der Waals surface area contributed by atoms with Crippen LogP contribution in [-0.4, -0.2) is 29.6 Å². The number of ether oxygens (including phenoxy) is 2. The van der Waals surface area contributed by atoms with E-state index in [9.17, 15) is 4.79 Å². The molecule has 0 radical (unpaired) electrons. The molecular formula is C21H21N3O3S. The van der Waals surface area contributed by atoms with Gasteiger partial charge >= 0.3 is 0 Å². The normalized spacial score (nSPS) is 10.8. The Kier molecular flexibility index (Phi) is 6.75. The largest absolute Gasteiger partial charge is 0.493 e. The molecule has 3 aromatic rings. The first-order valence-corrected chi connectivity index (χ1v) is 9.69. The van der Waals surface area contributed by atoms with Gasteiger partial charge in [-0.05, 0) is 42.8 Å². The van der Waals surface area contributed by atoms with Crippen LogP contribution in [0.15, 0.2) is 54.2 Å². The van der Waals surface area contributed by atoms with Gasteiger partial charge < -0.3 is 14.8 Å².